The average Bonchev–Trinajstić information content (AvgIpc) is 3.55. The van der Waals surface area contributed by atoms with Crippen LogP contribution in [0.4, 0.5) is 17.1 Å². The number of nitrogens with zero attached hydrogens (tertiary/aromatic N) is 2. The van der Waals surface area contributed by atoms with E-state index in [-0.39, 0.29) is 0 Å². The van der Waals surface area contributed by atoms with E-state index in [0.717, 1.165) is 22.7 Å². The Kier molecular flexibility index (Phi) is 7.18. The van der Waals surface area contributed by atoms with Crippen LogP contribution in [0.25, 0.3) is 71.3 Å². The highest BCUT2D eigenvalue weighted by atomic mass is 15.1. The lowest BCUT2D eigenvalue weighted by molar-refractivity contribution is 1.18. The Labute approximate surface area is 303 Å². The highest BCUT2D eigenvalue weighted by Crippen LogP contribution is 2.41. The van der Waals surface area contributed by atoms with Gasteiger partial charge in [0, 0.05) is 33.5 Å². The lowest BCUT2D eigenvalue weighted by Crippen LogP contribution is -2.09. The van der Waals surface area contributed by atoms with Crippen molar-refractivity contribution in [2.75, 3.05) is 4.90 Å². The predicted octanol–water partition coefficient (Wildman–Crippen LogP) is 13.9. The van der Waals surface area contributed by atoms with Crippen LogP contribution in [-0.4, -0.2) is 4.57 Å². The van der Waals surface area contributed by atoms with Crippen LogP contribution in [0.3, 0.4) is 0 Å². The molecule has 2 nitrogen and oxygen atoms in total. The molecule has 0 bridgehead atoms. The van der Waals surface area contributed by atoms with E-state index in [1.807, 2.05) is 0 Å². The van der Waals surface area contributed by atoms with Crippen molar-refractivity contribution in [3.8, 4) is 27.9 Å². The molecule has 0 radical (unpaired) electrons. The van der Waals surface area contributed by atoms with Crippen molar-refractivity contribution in [3.05, 3.63) is 206 Å². The summed E-state index contributed by atoms with van der Waals surface area (Å²) in [5.41, 5.74) is 11.9. The molecule has 1 aromatic heterocycles. The molecule has 244 valence electrons. The molecule has 10 aromatic rings. The SMILES string of the molecule is c1ccc(-c2ccc3cc(-c4ccc5cc(N(c6ccccc6)c6ccc7c(c6)c6ccccc6n7-c6ccccc6)ccc5c4)ccc3c2)cc1. The molecule has 1 heterocycles. The van der Waals surface area contributed by atoms with Crippen LogP contribution in [0.2, 0.25) is 0 Å². The number of fused-ring (bicyclic) bond motifs is 5. The molecule has 0 N–H and O–H groups in total. The average molecular weight is 663 g/mol. The van der Waals surface area contributed by atoms with Gasteiger partial charge < -0.3 is 9.47 Å². The number of rotatable bonds is 6. The summed E-state index contributed by atoms with van der Waals surface area (Å²) in [6.45, 7) is 0. The number of anilines is 3. The summed E-state index contributed by atoms with van der Waals surface area (Å²) in [6.07, 6.45) is 0. The molecule has 10 rings (SSSR count). The number of benzene rings is 9. The predicted molar refractivity (Wildman–Crippen MR) is 221 cm³/mol. The monoisotopic (exact) mass is 662 g/mol. The Morgan fingerprint density at radius 1 is 0.288 bits per heavy atom. The van der Waals surface area contributed by atoms with Crippen LogP contribution >= 0.6 is 0 Å². The van der Waals surface area contributed by atoms with Gasteiger partial charge in [-0.2, -0.15) is 0 Å². The summed E-state index contributed by atoms with van der Waals surface area (Å²) in [5, 5.41) is 7.39. The van der Waals surface area contributed by atoms with Gasteiger partial charge in [0.1, 0.15) is 0 Å². The first-order chi connectivity index (χ1) is 25.8. The van der Waals surface area contributed by atoms with Gasteiger partial charge in [-0.15, -0.1) is 0 Å². The van der Waals surface area contributed by atoms with Gasteiger partial charge in [-0.05, 0) is 123 Å². The van der Waals surface area contributed by atoms with E-state index in [1.54, 1.807) is 0 Å². The maximum atomic E-state index is 2.37. The summed E-state index contributed by atoms with van der Waals surface area (Å²) in [4.78, 5) is 2.37. The Hall–Kier alpha value is -6.90. The van der Waals surface area contributed by atoms with Gasteiger partial charge >= 0.3 is 0 Å². The molecule has 0 saturated carbocycles. The van der Waals surface area contributed by atoms with E-state index in [1.165, 1.54) is 65.6 Å². The fourth-order valence-corrected chi connectivity index (χ4v) is 7.77. The zero-order valence-electron chi connectivity index (χ0n) is 28.5. The van der Waals surface area contributed by atoms with Crippen LogP contribution in [0.5, 0.6) is 0 Å². The fraction of sp³-hybridized carbons (Fsp3) is 0. The maximum Gasteiger partial charge on any atom is 0.0542 e. The van der Waals surface area contributed by atoms with Crippen LogP contribution in [0.15, 0.2) is 206 Å². The van der Waals surface area contributed by atoms with Gasteiger partial charge in [-0.1, -0.05) is 127 Å². The number of aromatic nitrogens is 1. The quantitative estimate of drug-likeness (QED) is 0.172. The van der Waals surface area contributed by atoms with Crippen molar-refractivity contribution < 1.29 is 0 Å². The third-order valence-corrected chi connectivity index (χ3v) is 10.3. The molecule has 0 saturated heterocycles. The minimum absolute atomic E-state index is 1.12. The van der Waals surface area contributed by atoms with E-state index in [4.69, 9.17) is 0 Å². The molecule has 0 spiro atoms. The Balaban J connectivity index is 1.04. The summed E-state index contributed by atoms with van der Waals surface area (Å²) in [7, 11) is 0. The number of hydrogen-bond acceptors (Lipinski definition) is 1. The summed E-state index contributed by atoms with van der Waals surface area (Å²) in [5.74, 6) is 0. The van der Waals surface area contributed by atoms with Crippen LogP contribution in [0.1, 0.15) is 0 Å². The second-order valence-corrected chi connectivity index (χ2v) is 13.4. The minimum Gasteiger partial charge on any atom is -0.310 e. The van der Waals surface area contributed by atoms with Gasteiger partial charge in [0.2, 0.25) is 0 Å². The lowest BCUT2D eigenvalue weighted by atomic mass is 9.96. The van der Waals surface area contributed by atoms with E-state index < -0.39 is 0 Å². The molecular weight excluding hydrogens is 629 g/mol. The van der Waals surface area contributed by atoms with Gasteiger partial charge in [-0.25, -0.2) is 0 Å². The molecule has 0 atom stereocenters. The second-order valence-electron chi connectivity index (χ2n) is 13.4. The van der Waals surface area contributed by atoms with Crippen molar-refractivity contribution in [3.63, 3.8) is 0 Å². The molecule has 2 heteroatoms. The number of para-hydroxylation sites is 3. The van der Waals surface area contributed by atoms with Crippen molar-refractivity contribution in [1.82, 2.24) is 4.57 Å². The molecule has 0 unspecified atom stereocenters. The van der Waals surface area contributed by atoms with Crippen LogP contribution < -0.4 is 4.90 Å². The Morgan fingerprint density at radius 3 is 1.44 bits per heavy atom. The van der Waals surface area contributed by atoms with Gasteiger partial charge in [0.25, 0.3) is 0 Å². The van der Waals surface area contributed by atoms with E-state index in [9.17, 15) is 0 Å². The van der Waals surface area contributed by atoms with Crippen molar-refractivity contribution >= 4 is 60.4 Å². The number of hydrogen-bond donors (Lipinski definition) is 0. The molecule has 0 aliphatic heterocycles. The first-order valence-electron chi connectivity index (χ1n) is 17.8. The van der Waals surface area contributed by atoms with Crippen LogP contribution in [0, 0.1) is 0 Å². The minimum atomic E-state index is 1.12. The summed E-state index contributed by atoms with van der Waals surface area (Å²) in [6, 6.07) is 74.7. The Bertz CT molecular complexity index is 2890. The zero-order chi connectivity index (χ0) is 34.4. The summed E-state index contributed by atoms with van der Waals surface area (Å²) < 4.78 is 2.37. The third kappa shape index (κ3) is 5.21. The molecule has 0 aliphatic rings. The molecule has 0 fully saturated rings. The van der Waals surface area contributed by atoms with Crippen LogP contribution in [-0.2, 0) is 0 Å². The highest BCUT2D eigenvalue weighted by molar-refractivity contribution is 6.11. The van der Waals surface area contributed by atoms with E-state index in [0.29, 0.717) is 0 Å². The molecule has 0 aliphatic carbocycles. The van der Waals surface area contributed by atoms with Crippen molar-refractivity contribution in [2.45, 2.75) is 0 Å². The van der Waals surface area contributed by atoms with Crippen molar-refractivity contribution in [2.24, 2.45) is 0 Å². The Morgan fingerprint density at radius 2 is 0.769 bits per heavy atom. The molecule has 9 aromatic carbocycles. The molecule has 52 heavy (non-hydrogen) atoms. The largest absolute Gasteiger partial charge is 0.310 e. The smallest absolute Gasteiger partial charge is 0.0542 e. The van der Waals surface area contributed by atoms with Gasteiger partial charge in [-0.3, -0.25) is 0 Å². The fourth-order valence-electron chi connectivity index (χ4n) is 7.77. The first-order valence-corrected chi connectivity index (χ1v) is 17.8. The topological polar surface area (TPSA) is 8.17 Å². The van der Waals surface area contributed by atoms with Gasteiger partial charge in [0.05, 0.1) is 11.0 Å². The van der Waals surface area contributed by atoms with Crippen molar-refractivity contribution in [1.29, 1.82) is 0 Å². The second kappa shape index (κ2) is 12.5. The van der Waals surface area contributed by atoms with E-state index >= 15 is 0 Å². The first kappa shape index (κ1) is 30.0. The summed E-state index contributed by atoms with van der Waals surface area (Å²) >= 11 is 0. The third-order valence-electron chi connectivity index (χ3n) is 10.3. The zero-order valence-corrected chi connectivity index (χ0v) is 28.5. The lowest BCUT2D eigenvalue weighted by Gasteiger charge is -2.26. The standard InChI is InChI=1S/C50H34N2/c1-4-12-35(13-5-1)36-20-21-38-31-39(23-22-37(38)30-36)40-24-25-42-33-45(27-26-41(42)32-40)51(43-14-6-2-7-15-43)46-28-29-50-48(34-46)47-18-10-11-19-49(47)52(50)44-16-8-3-9-17-44/h1-34H. The van der Waals surface area contributed by atoms with E-state index in [2.05, 4.69) is 216 Å². The maximum absolute atomic E-state index is 2.37. The normalized spacial score (nSPS) is 11.5. The van der Waals surface area contributed by atoms with Gasteiger partial charge in [0.15, 0.2) is 0 Å². The highest BCUT2D eigenvalue weighted by Gasteiger charge is 2.17. The molecule has 0 amide bonds. The molecular formula is C50H34N2.